The molecule has 1 heterocycles. The van der Waals surface area contributed by atoms with Gasteiger partial charge in [0.2, 0.25) is 0 Å². The summed E-state index contributed by atoms with van der Waals surface area (Å²) < 4.78 is 6.15. The second kappa shape index (κ2) is 8.56. The molecule has 178 valence electrons. The molecule has 1 aliphatic carbocycles. The summed E-state index contributed by atoms with van der Waals surface area (Å²) >= 11 is 0. The van der Waals surface area contributed by atoms with Crippen molar-refractivity contribution in [2.24, 2.45) is 11.3 Å². The van der Waals surface area contributed by atoms with E-state index >= 15 is 0 Å². The first kappa shape index (κ1) is 24.0. The summed E-state index contributed by atoms with van der Waals surface area (Å²) in [7, 11) is 0. The zero-order valence-corrected chi connectivity index (χ0v) is 21.2. The van der Waals surface area contributed by atoms with Gasteiger partial charge in [-0.1, -0.05) is 63.2 Å². The molecule has 0 bridgehead atoms. The molecule has 0 unspecified atom stereocenters. The van der Waals surface area contributed by atoms with E-state index in [-0.39, 0.29) is 34.7 Å². The molecule has 4 heteroatoms. The van der Waals surface area contributed by atoms with Crippen LogP contribution >= 0.6 is 0 Å². The Morgan fingerprint density at radius 3 is 1.94 bits per heavy atom. The first-order valence-corrected chi connectivity index (χ1v) is 12.3. The molecule has 0 aromatic heterocycles. The van der Waals surface area contributed by atoms with Crippen LogP contribution in [0.25, 0.3) is 0 Å². The Bertz CT molecular complexity index is 954. The third-order valence-corrected chi connectivity index (χ3v) is 7.73. The lowest BCUT2D eigenvalue weighted by Gasteiger charge is -2.46. The lowest BCUT2D eigenvalue weighted by atomic mass is 9.71. The van der Waals surface area contributed by atoms with Crippen molar-refractivity contribution in [3.63, 3.8) is 0 Å². The number of hydrogen-bond donors (Lipinski definition) is 0. The van der Waals surface area contributed by atoms with Crippen LogP contribution < -0.4 is 0 Å². The van der Waals surface area contributed by atoms with Gasteiger partial charge in [-0.2, -0.15) is 5.06 Å². The Balaban J connectivity index is 1.60. The number of hydroxylamine groups is 2. The van der Waals surface area contributed by atoms with Crippen molar-refractivity contribution in [1.82, 2.24) is 5.06 Å². The summed E-state index contributed by atoms with van der Waals surface area (Å²) in [6.45, 7) is 15.7. The van der Waals surface area contributed by atoms with Crippen LogP contribution in [-0.2, 0) is 20.7 Å². The molecule has 4 rings (SSSR count). The molecule has 0 N–H and O–H groups in total. The first-order chi connectivity index (χ1) is 15.4. The highest BCUT2D eigenvalue weighted by molar-refractivity contribution is 5.89. The monoisotopic (exact) mass is 449 g/mol. The van der Waals surface area contributed by atoms with Crippen molar-refractivity contribution in [2.45, 2.75) is 91.0 Å². The highest BCUT2D eigenvalue weighted by atomic mass is 16.7. The Kier molecular flexibility index (Phi) is 6.22. The van der Waals surface area contributed by atoms with Gasteiger partial charge < -0.3 is 4.74 Å². The predicted molar refractivity (Wildman–Crippen MR) is 132 cm³/mol. The van der Waals surface area contributed by atoms with E-state index in [1.807, 2.05) is 30.3 Å². The highest BCUT2D eigenvalue weighted by Gasteiger charge is 2.52. The van der Waals surface area contributed by atoms with Gasteiger partial charge in [0, 0.05) is 0 Å². The number of nitrogens with zero attached hydrogens (tertiary/aromatic N) is 1. The maximum atomic E-state index is 13.0. The van der Waals surface area contributed by atoms with Crippen molar-refractivity contribution in [3.05, 3.63) is 71.3 Å². The quantitative estimate of drug-likeness (QED) is 0.479. The predicted octanol–water partition coefficient (Wildman–Crippen LogP) is 6.84. The number of fused-ring (bicyclic) bond motifs is 1. The van der Waals surface area contributed by atoms with Gasteiger partial charge in [0.15, 0.2) is 0 Å². The Hall–Kier alpha value is -2.17. The van der Waals surface area contributed by atoms with Gasteiger partial charge in [0.05, 0.1) is 16.6 Å². The van der Waals surface area contributed by atoms with E-state index < -0.39 is 0 Å². The minimum absolute atomic E-state index is 0.158. The Morgan fingerprint density at radius 1 is 0.848 bits per heavy atom. The van der Waals surface area contributed by atoms with Crippen LogP contribution in [-0.4, -0.2) is 23.2 Å². The fourth-order valence-corrected chi connectivity index (χ4v) is 5.78. The van der Waals surface area contributed by atoms with E-state index in [1.54, 1.807) is 0 Å². The SMILES string of the molecule is CC(C)(C)[C@@H]1CC[C@H](ON2C(C)(C)c3ccccc3C2(C)C)[C@H](OC(=O)c2ccccc2)C1. The van der Waals surface area contributed by atoms with Crippen LogP contribution in [0.5, 0.6) is 0 Å². The second-order valence-electron chi connectivity index (χ2n) is 11.8. The standard InChI is InChI=1S/C29H39NO3/c1-27(2,3)21-17-18-24(25(19-21)32-26(31)20-13-9-8-10-14-20)33-30-28(4,5)22-15-11-12-16-23(22)29(30,6)7/h8-16,21,24-25H,17-19H2,1-7H3/t21-,24+,25-/m1/s1. The molecule has 4 nitrogen and oxygen atoms in total. The second-order valence-corrected chi connectivity index (χ2v) is 11.8. The van der Waals surface area contributed by atoms with Gasteiger partial charge >= 0.3 is 5.97 Å². The summed E-state index contributed by atoms with van der Waals surface area (Å²) in [6.07, 6.45) is 2.28. The van der Waals surface area contributed by atoms with Crippen molar-refractivity contribution >= 4 is 5.97 Å². The smallest absolute Gasteiger partial charge is 0.338 e. The van der Waals surface area contributed by atoms with Crippen LogP contribution in [0, 0.1) is 11.3 Å². The van der Waals surface area contributed by atoms with Crippen molar-refractivity contribution in [3.8, 4) is 0 Å². The zero-order chi connectivity index (χ0) is 24.0. The molecule has 1 saturated carbocycles. The van der Waals surface area contributed by atoms with Crippen LogP contribution in [0.2, 0.25) is 0 Å². The molecule has 0 saturated heterocycles. The Morgan fingerprint density at radius 2 is 1.39 bits per heavy atom. The topological polar surface area (TPSA) is 38.8 Å². The highest BCUT2D eigenvalue weighted by Crippen LogP contribution is 2.51. The molecule has 2 aliphatic rings. The molecule has 33 heavy (non-hydrogen) atoms. The lowest BCUT2D eigenvalue weighted by molar-refractivity contribution is -0.308. The molecule has 2 aromatic carbocycles. The number of hydrogen-bond acceptors (Lipinski definition) is 4. The Labute approximate surface area is 199 Å². The summed E-state index contributed by atoms with van der Waals surface area (Å²) in [5.41, 5.74) is 2.75. The van der Waals surface area contributed by atoms with Crippen molar-refractivity contribution in [1.29, 1.82) is 0 Å². The molecule has 0 radical (unpaired) electrons. The third-order valence-electron chi connectivity index (χ3n) is 7.73. The van der Waals surface area contributed by atoms with Crippen LogP contribution in [0.15, 0.2) is 54.6 Å². The van der Waals surface area contributed by atoms with E-state index in [0.29, 0.717) is 11.5 Å². The fraction of sp³-hybridized carbons (Fsp3) is 0.552. The molecule has 1 fully saturated rings. The van der Waals surface area contributed by atoms with Crippen molar-refractivity contribution < 1.29 is 14.4 Å². The number of carbonyl (C=O) groups excluding carboxylic acids is 1. The van der Waals surface area contributed by atoms with E-state index in [4.69, 9.17) is 9.57 Å². The minimum Gasteiger partial charge on any atom is -0.456 e. The third kappa shape index (κ3) is 4.48. The molecule has 2 aromatic rings. The molecule has 1 aliphatic heterocycles. The van der Waals surface area contributed by atoms with Gasteiger partial charge in [-0.3, -0.25) is 4.84 Å². The summed E-state index contributed by atoms with van der Waals surface area (Å²) in [4.78, 5) is 19.8. The van der Waals surface area contributed by atoms with E-state index in [2.05, 4.69) is 77.8 Å². The number of carbonyl (C=O) groups is 1. The molecule has 0 amide bonds. The lowest BCUT2D eigenvalue weighted by Crippen LogP contribution is -2.52. The molecule has 3 atom stereocenters. The van der Waals surface area contributed by atoms with Gasteiger partial charge in [0.25, 0.3) is 0 Å². The number of esters is 1. The maximum absolute atomic E-state index is 13.0. The zero-order valence-electron chi connectivity index (χ0n) is 21.2. The van der Waals surface area contributed by atoms with Gasteiger partial charge in [-0.15, -0.1) is 0 Å². The normalized spacial score (nSPS) is 26.6. The summed E-state index contributed by atoms with van der Waals surface area (Å²) in [5.74, 6) is 0.203. The average Bonchev–Trinajstić information content (AvgIpc) is 2.92. The van der Waals surface area contributed by atoms with E-state index in [1.165, 1.54) is 11.1 Å². The van der Waals surface area contributed by atoms with Gasteiger partial charge in [0.1, 0.15) is 12.2 Å². The van der Waals surface area contributed by atoms with Crippen molar-refractivity contribution in [2.75, 3.05) is 0 Å². The summed E-state index contributed by atoms with van der Waals surface area (Å²) in [6, 6.07) is 17.9. The number of benzene rings is 2. The van der Waals surface area contributed by atoms with E-state index in [0.717, 1.165) is 19.3 Å². The molecular weight excluding hydrogens is 410 g/mol. The summed E-state index contributed by atoms with van der Waals surface area (Å²) in [5, 5.41) is 2.15. The average molecular weight is 450 g/mol. The van der Waals surface area contributed by atoms with Gasteiger partial charge in [-0.25, -0.2) is 4.79 Å². The van der Waals surface area contributed by atoms with Gasteiger partial charge in [-0.05, 0) is 81.5 Å². The number of rotatable bonds is 4. The fourth-order valence-electron chi connectivity index (χ4n) is 5.78. The molecular formula is C29H39NO3. The first-order valence-electron chi connectivity index (χ1n) is 12.3. The van der Waals surface area contributed by atoms with Crippen LogP contribution in [0.3, 0.4) is 0 Å². The van der Waals surface area contributed by atoms with E-state index in [9.17, 15) is 4.79 Å². The largest absolute Gasteiger partial charge is 0.456 e. The van der Waals surface area contributed by atoms with Crippen LogP contribution in [0.1, 0.15) is 89.2 Å². The van der Waals surface area contributed by atoms with Crippen LogP contribution in [0.4, 0.5) is 0 Å². The minimum atomic E-state index is -0.286. The maximum Gasteiger partial charge on any atom is 0.338 e. The molecule has 0 spiro atoms. The number of ether oxygens (including phenoxy) is 1.